The predicted octanol–water partition coefficient (Wildman–Crippen LogP) is 5.96. The second-order valence-electron chi connectivity index (χ2n) is 7.86. The van der Waals surface area contributed by atoms with Gasteiger partial charge in [-0.1, -0.05) is 81.6 Å². The lowest BCUT2D eigenvalue weighted by Crippen LogP contribution is -2.50. The molecule has 2 atom stereocenters. The molecule has 1 N–H and O–H groups in total. The Bertz CT molecular complexity index is 814. The molecule has 2 rings (SSSR count). The number of rotatable bonds is 14. The standard InChI is InChI=1S/C22H32N4O4S/c1-3-4-5-6-7-8-9-10-13-16-30-18-15-12-11-14-17(18)19(21(27)31)20-23-24-25-26(20,2)22(28)29/h11-12,14-15,19H,3-10,13,16H2,1-2H3,(H-,27,28,29,31)/p+1. The largest absolute Gasteiger partial charge is 0.548 e. The molecule has 1 aromatic rings. The van der Waals surface area contributed by atoms with Gasteiger partial charge in [0.2, 0.25) is 5.12 Å². The van der Waals surface area contributed by atoms with Crippen molar-refractivity contribution in [2.24, 2.45) is 15.5 Å². The zero-order valence-corrected chi connectivity index (χ0v) is 19.3. The normalized spacial score (nSPS) is 18.6. The number of carboxylic acid groups (broad SMARTS) is 1. The van der Waals surface area contributed by atoms with Gasteiger partial charge in [0.25, 0.3) is 5.84 Å². The van der Waals surface area contributed by atoms with Gasteiger partial charge >= 0.3 is 6.09 Å². The lowest BCUT2D eigenvalue weighted by atomic mass is 9.97. The van der Waals surface area contributed by atoms with Crippen LogP contribution in [-0.4, -0.2) is 40.4 Å². The molecular formula is C22H33N4O4S+. The Labute approximate surface area is 189 Å². The third-order valence-electron chi connectivity index (χ3n) is 5.43. The summed E-state index contributed by atoms with van der Waals surface area (Å²) < 4.78 is 5.02. The monoisotopic (exact) mass is 449 g/mol. The van der Waals surface area contributed by atoms with Crippen LogP contribution in [-0.2, 0) is 4.79 Å². The van der Waals surface area contributed by atoms with Crippen LogP contribution in [0.2, 0.25) is 0 Å². The van der Waals surface area contributed by atoms with Crippen LogP contribution in [0.1, 0.15) is 76.2 Å². The summed E-state index contributed by atoms with van der Waals surface area (Å²) in [4.78, 5) is 24.1. The molecule has 0 fully saturated rings. The van der Waals surface area contributed by atoms with Crippen molar-refractivity contribution in [3.63, 3.8) is 0 Å². The molecular weight excluding hydrogens is 416 g/mol. The van der Waals surface area contributed by atoms with Gasteiger partial charge in [-0.3, -0.25) is 4.79 Å². The van der Waals surface area contributed by atoms with Crippen molar-refractivity contribution in [1.29, 1.82) is 0 Å². The first-order valence-electron chi connectivity index (χ1n) is 11.0. The van der Waals surface area contributed by atoms with Crippen LogP contribution in [0.15, 0.2) is 39.8 Å². The van der Waals surface area contributed by atoms with Crippen molar-refractivity contribution in [2.45, 2.75) is 70.6 Å². The summed E-state index contributed by atoms with van der Waals surface area (Å²) in [6, 6.07) is 7.06. The number of amidine groups is 1. The smallest absolute Gasteiger partial charge is 0.493 e. The highest BCUT2D eigenvalue weighted by atomic mass is 32.1. The number of para-hydroxylation sites is 1. The Kier molecular flexibility index (Phi) is 10.1. The summed E-state index contributed by atoms with van der Waals surface area (Å²) in [5, 5.41) is 20.0. The Hall–Kier alpha value is -2.26. The number of carbonyl (C=O) groups is 2. The van der Waals surface area contributed by atoms with E-state index in [0.717, 1.165) is 12.8 Å². The SMILES string of the molecule is CCCCCCCCCCCOc1ccccc1C(C(=O)S)C1=NN=N[N+]1(C)C(=O)O. The minimum Gasteiger partial charge on any atom is -0.493 e. The van der Waals surface area contributed by atoms with E-state index in [1.807, 2.05) is 6.07 Å². The molecule has 1 aromatic carbocycles. The van der Waals surface area contributed by atoms with Gasteiger partial charge < -0.3 is 9.84 Å². The fourth-order valence-corrected chi connectivity index (χ4v) is 3.81. The quantitative estimate of drug-likeness (QED) is 0.208. The number of benzene rings is 1. The molecule has 170 valence electrons. The number of ether oxygens (including phenoxy) is 1. The third-order valence-corrected chi connectivity index (χ3v) is 5.68. The topological polar surface area (TPSA) is 101 Å². The summed E-state index contributed by atoms with van der Waals surface area (Å²) in [7, 11) is 1.31. The maximum absolute atomic E-state index is 12.4. The van der Waals surface area contributed by atoms with Gasteiger partial charge in [-0.05, 0) is 17.1 Å². The highest BCUT2D eigenvalue weighted by Crippen LogP contribution is 2.34. The van der Waals surface area contributed by atoms with Gasteiger partial charge in [0.05, 0.1) is 11.8 Å². The first-order chi connectivity index (χ1) is 14.9. The summed E-state index contributed by atoms with van der Waals surface area (Å²) >= 11 is 3.99. The van der Waals surface area contributed by atoms with Crippen molar-refractivity contribution < 1.29 is 24.0 Å². The number of hydrogen-bond donors (Lipinski definition) is 2. The zero-order valence-electron chi connectivity index (χ0n) is 18.4. The summed E-state index contributed by atoms with van der Waals surface area (Å²) in [6.07, 6.45) is 9.66. The van der Waals surface area contributed by atoms with E-state index in [4.69, 9.17) is 4.74 Å². The Morgan fingerprint density at radius 2 is 1.68 bits per heavy atom. The number of thiol groups is 1. The van der Waals surface area contributed by atoms with Crippen LogP contribution in [0.5, 0.6) is 5.75 Å². The molecule has 8 nitrogen and oxygen atoms in total. The molecule has 2 unspecified atom stereocenters. The van der Waals surface area contributed by atoms with Crippen LogP contribution in [0.25, 0.3) is 0 Å². The summed E-state index contributed by atoms with van der Waals surface area (Å²) in [5.74, 6) is -0.536. The maximum Gasteiger partial charge on any atom is 0.548 e. The summed E-state index contributed by atoms with van der Waals surface area (Å²) in [5.41, 5.74) is 0.509. The van der Waals surface area contributed by atoms with Crippen molar-refractivity contribution >= 4 is 29.7 Å². The van der Waals surface area contributed by atoms with Gasteiger partial charge in [-0.25, -0.2) is 0 Å². The van der Waals surface area contributed by atoms with E-state index >= 15 is 0 Å². The van der Waals surface area contributed by atoms with Gasteiger partial charge in [-0.15, -0.1) is 12.6 Å². The zero-order chi connectivity index (χ0) is 22.7. The second-order valence-corrected chi connectivity index (χ2v) is 8.31. The Balaban J connectivity index is 1.95. The van der Waals surface area contributed by atoms with Gasteiger partial charge in [0.15, 0.2) is 5.92 Å². The molecule has 1 amide bonds. The molecule has 9 heteroatoms. The average Bonchev–Trinajstić information content (AvgIpc) is 3.13. The minimum atomic E-state index is -1.28. The lowest BCUT2D eigenvalue weighted by Gasteiger charge is -2.22. The molecule has 1 heterocycles. The van der Waals surface area contributed by atoms with Crippen LogP contribution < -0.4 is 4.74 Å². The molecule has 1 aliphatic rings. The molecule has 0 aliphatic carbocycles. The first-order valence-corrected chi connectivity index (χ1v) is 11.4. The van der Waals surface area contributed by atoms with Gasteiger partial charge in [0, 0.05) is 10.8 Å². The molecule has 0 spiro atoms. The number of quaternary nitrogens is 1. The number of hydrogen-bond acceptors (Lipinski definition) is 6. The van der Waals surface area contributed by atoms with Gasteiger partial charge in [0.1, 0.15) is 12.8 Å². The second kappa shape index (κ2) is 12.6. The van der Waals surface area contributed by atoms with Crippen LogP contribution in [0.4, 0.5) is 4.79 Å². The van der Waals surface area contributed by atoms with Crippen molar-refractivity contribution in [1.82, 2.24) is 0 Å². The maximum atomic E-state index is 12.4. The van der Waals surface area contributed by atoms with E-state index in [2.05, 4.69) is 35.1 Å². The van der Waals surface area contributed by atoms with E-state index in [9.17, 15) is 14.7 Å². The summed E-state index contributed by atoms with van der Waals surface area (Å²) in [6.45, 7) is 2.74. The van der Waals surface area contributed by atoms with Crippen LogP contribution >= 0.6 is 12.6 Å². The van der Waals surface area contributed by atoms with Gasteiger partial charge in [-0.2, -0.15) is 4.79 Å². The molecule has 1 aliphatic heterocycles. The van der Waals surface area contributed by atoms with E-state index < -0.39 is 21.7 Å². The van der Waals surface area contributed by atoms with Crippen LogP contribution in [0.3, 0.4) is 0 Å². The molecule has 0 radical (unpaired) electrons. The minimum absolute atomic E-state index is 0.0216. The molecule has 0 saturated carbocycles. The first kappa shape index (κ1) is 25.0. The number of amides is 1. The van der Waals surface area contributed by atoms with Crippen molar-refractivity contribution in [3.05, 3.63) is 29.8 Å². The molecule has 0 saturated heterocycles. The fourth-order valence-electron chi connectivity index (χ4n) is 3.55. The van der Waals surface area contributed by atoms with Crippen molar-refractivity contribution in [3.8, 4) is 5.75 Å². The lowest BCUT2D eigenvalue weighted by molar-refractivity contribution is -0.754. The predicted molar refractivity (Wildman–Crippen MR) is 122 cm³/mol. The number of likely N-dealkylation sites (N-methyl/N-ethyl adjacent to an activating group) is 1. The fraction of sp³-hybridized carbons (Fsp3) is 0.591. The Morgan fingerprint density at radius 3 is 2.29 bits per heavy atom. The van der Waals surface area contributed by atoms with E-state index in [1.54, 1.807) is 18.2 Å². The Morgan fingerprint density at radius 1 is 1.06 bits per heavy atom. The number of unbranched alkanes of at least 4 members (excludes halogenated alkanes) is 8. The number of carbonyl (C=O) groups excluding carboxylic acids is 1. The van der Waals surface area contributed by atoms with E-state index in [0.29, 0.717) is 17.9 Å². The van der Waals surface area contributed by atoms with Crippen LogP contribution in [0, 0.1) is 0 Å². The molecule has 0 bridgehead atoms. The highest BCUT2D eigenvalue weighted by molar-refractivity contribution is 7.96. The average molecular weight is 450 g/mol. The van der Waals surface area contributed by atoms with E-state index in [-0.39, 0.29) is 5.84 Å². The highest BCUT2D eigenvalue weighted by Gasteiger charge is 2.51. The third kappa shape index (κ3) is 6.87. The molecule has 31 heavy (non-hydrogen) atoms. The molecule has 0 aromatic heterocycles. The van der Waals surface area contributed by atoms with Crippen molar-refractivity contribution in [2.75, 3.05) is 13.7 Å². The van der Waals surface area contributed by atoms with E-state index in [1.165, 1.54) is 52.0 Å². The number of nitrogens with zero attached hydrogens (tertiary/aromatic N) is 4.